The fraction of sp³-hybridized carbons (Fsp3) is 0.630. The molecule has 1 aromatic rings. The second-order valence-corrected chi connectivity index (χ2v) is 10.1. The van der Waals surface area contributed by atoms with Crippen molar-refractivity contribution in [3.63, 3.8) is 0 Å². The normalized spacial score (nSPS) is 12.8. The Hall–Kier alpha value is -3.14. The number of aliphatic hydroxyl groups excluding tert-OH is 1. The van der Waals surface area contributed by atoms with Crippen molar-refractivity contribution in [1.82, 2.24) is 15.5 Å². The molecule has 1 aromatic carbocycles. The molecule has 0 aliphatic heterocycles. The molecule has 1 rings (SSSR count). The largest absolute Gasteiger partial charge is 0.444 e. The van der Waals surface area contributed by atoms with Crippen LogP contribution in [0.3, 0.4) is 0 Å². The molecule has 0 saturated carbocycles. The number of hydrogen-bond acceptors (Lipinski definition) is 6. The lowest BCUT2D eigenvalue weighted by Gasteiger charge is -2.35. The molecule has 37 heavy (non-hydrogen) atoms. The zero-order chi connectivity index (χ0) is 28.2. The first kappa shape index (κ1) is 31.9. The number of ether oxygens (including phenoxy) is 1. The molecule has 0 bridgehead atoms. The third kappa shape index (κ3) is 10.8. The molecule has 10 nitrogen and oxygen atoms in total. The smallest absolute Gasteiger partial charge is 0.408 e. The maximum absolute atomic E-state index is 13.9. The molecule has 208 valence electrons. The van der Waals surface area contributed by atoms with Crippen LogP contribution >= 0.6 is 0 Å². The number of rotatable bonds is 14. The zero-order valence-electron chi connectivity index (χ0n) is 23.1. The first-order chi connectivity index (χ1) is 17.3. The summed E-state index contributed by atoms with van der Waals surface area (Å²) in [5.41, 5.74) is 6.88. The van der Waals surface area contributed by atoms with Crippen molar-refractivity contribution in [2.45, 2.75) is 91.3 Å². The number of nitrogens with one attached hydrogen (secondary N) is 2. The number of carbonyl (C=O) groups is 4. The number of amides is 4. The molecule has 4 amide bonds. The Balaban J connectivity index is 3.45. The summed E-state index contributed by atoms with van der Waals surface area (Å²) in [5.74, 6) is -1.66. The average molecular weight is 521 g/mol. The van der Waals surface area contributed by atoms with E-state index in [1.54, 1.807) is 32.9 Å². The molecule has 0 saturated heterocycles. The molecule has 0 aromatic heterocycles. The molecule has 2 atom stereocenters. The summed E-state index contributed by atoms with van der Waals surface area (Å²) in [6.07, 6.45) is 1.62. The van der Waals surface area contributed by atoms with E-state index in [1.165, 1.54) is 4.90 Å². The highest BCUT2D eigenvalue weighted by atomic mass is 16.6. The van der Waals surface area contributed by atoms with Crippen molar-refractivity contribution in [3.05, 3.63) is 34.9 Å². The zero-order valence-corrected chi connectivity index (χ0v) is 23.1. The Morgan fingerprint density at radius 1 is 1.14 bits per heavy atom. The SMILES string of the molecule is CCCCCNC(=O)C(c1cccc(C)c1C)N(CCO)C(=O)C(CCC(N)=O)NC(=O)OC(C)(C)C. The van der Waals surface area contributed by atoms with Gasteiger partial charge in [0, 0.05) is 19.5 Å². The molecule has 5 N–H and O–H groups in total. The Bertz CT molecular complexity index is 928. The van der Waals surface area contributed by atoms with Gasteiger partial charge in [-0.3, -0.25) is 14.4 Å². The van der Waals surface area contributed by atoms with E-state index in [0.717, 1.165) is 30.4 Å². The molecule has 0 radical (unpaired) electrons. The van der Waals surface area contributed by atoms with Crippen LogP contribution in [0.1, 0.15) is 82.5 Å². The third-order valence-electron chi connectivity index (χ3n) is 5.87. The number of hydrogen-bond donors (Lipinski definition) is 4. The average Bonchev–Trinajstić information content (AvgIpc) is 2.80. The first-order valence-corrected chi connectivity index (χ1v) is 12.8. The Morgan fingerprint density at radius 3 is 2.38 bits per heavy atom. The van der Waals surface area contributed by atoms with Gasteiger partial charge in [-0.15, -0.1) is 0 Å². The van der Waals surface area contributed by atoms with Gasteiger partial charge in [-0.05, 0) is 64.2 Å². The number of primary amides is 1. The Kier molecular flexibility index (Phi) is 13.1. The van der Waals surface area contributed by atoms with Gasteiger partial charge in [0.25, 0.3) is 0 Å². The number of alkyl carbamates (subject to hydrolysis) is 1. The summed E-state index contributed by atoms with van der Waals surface area (Å²) in [6, 6.07) is 3.23. The first-order valence-electron chi connectivity index (χ1n) is 12.8. The Labute approximate surface area is 220 Å². The van der Waals surface area contributed by atoms with Gasteiger partial charge in [-0.2, -0.15) is 0 Å². The summed E-state index contributed by atoms with van der Waals surface area (Å²) in [4.78, 5) is 52.6. The van der Waals surface area contributed by atoms with E-state index in [2.05, 4.69) is 17.6 Å². The van der Waals surface area contributed by atoms with Gasteiger partial charge >= 0.3 is 6.09 Å². The van der Waals surface area contributed by atoms with Gasteiger partial charge in [-0.25, -0.2) is 4.79 Å². The van der Waals surface area contributed by atoms with Crippen molar-refractivity contribution in [2.24, 2.45) is 5.73 Å². The maximum Gasteiger partial charge on any atom is 0.408 e. The number of nitrogens with zero attached hydrogens (tertiary/aromatic N) is 1. The highest BCUT2D eigenvalue weighted by molar-refractivity contribution is 5.92. The number of aliphatic hydroxyl groups is 1. The number of nitrogens with two attached hydrogens (primary N) is 1. The number of aryl methyl sites for hydroxylation is 1. The minimum absolute atomic E-state index is 0.0903. The number of benzene rings is 1. The number of carbonyl (C=O) groups excluding carboxylic acids is 4. The van der Waals surface area contributed by atoms with Gasteiger partial charge < -0.3 is 31.1 Å². The summed E-state index contributed by atoms with van der Waals surface area (Å²) < 4.78 is 5.30. The van der Waals surface area contributed by atoms with Crippen molar-refractivity contribution in [2.75, 3.05) is 19.7 Å². The molecule has 0 aliphatic rings. The van der Waals surface area contributed by atoms with E-state index in [-0.39, 0.29) is 19.4 Å². The van der Waals surface area contributed by atoms with Crippen molar-refractivity contribution >= 4 is 23.8 Å². The molecule has 2 unspecified atom stereocenters. The lowest BCUT2D eigenvalue weighted by molar-refractivity contribution is -0.143. The van der Waals surface area contributed by atoms with E-state index < -0.39 is 48.1 Å². The monoisotopic (exact) mass is 520 g/mol. The van der Waals surface area contributed by atoms with E-state index >= 15 is 0 Å². The predicted octanol–water partition coefficient (Wildman–Crippen LogP) is 2.63. The molecule has 0 aliphatic carbocycles. The van der Waals surface area contributed by atoms with Gasteiger partial charge in [0.2, 0.25) is 17.7 Å². The fourth-order valence-corrected chi connectivity index (χ4v) is 3.87. The van der Waals surface area contributed by atoms with Crippen molar-refractivity contribution < 1.29 is 29.0 Å². The van der Waals surface area contributed by atoms with E-state index in [4.69, 9.17) is 10.5 Å². The minimum Gasteiger partial charge on any atom is -0.444 e. The minimum atomic E-state index is -1.20. The summed E-state index contributed by atoms with van der Waals surface area (Å²) in [5, 5.41) is 15.3. The van der Waals surface area contributed by atoms with Crippen molar-refractivity contribution in [1.29, 1.82) is 0 Å². The molecule has 0 heterocycles. The lowest BCUT2D eigenvalue weighted by atomic mass is 9.94. The second-order valence-electron chi connectivity index (χ2n) is 10.1. The van der Waals surface area contributed by atoms with Crippen LogP contribution < -0.4 is 16.4 Å². The fourth-order valence-electron chi connectivity index (χ4n) is 3.87. The highest BCUT2D eigenvalue weighted by Crippen LogP contribution is 2.27. The van der Waals surface area contributed by atoms with E-state index in [9.17, 15) is 24.3 Å². The topological polar surface area (TPSA) is 151 Å². The second kappa shape index (κ2) is 15.2. The van der Waals surface area contributed by atoms with Crippen LogP contribution in [0.4, 0.5) is 4.79 Å². The van der Waals surface area contributed by atoms with Crippen LogP contribution in [0.25, 0.3) is 0 Å². The third-order valence-corrected chi connectivity index (χ3v) is 5.87. The van der Waals surface area contributed by atoms with Crippen molar-refractivity contribution in [3.8, 4) is 0 Å². The van der Waals surface area contributed by atoms with Crippen LogP contribution in [0, 0.1) is 13.8 Å². The van der Waals surface area contributed by atoms with Gasteiger partial charge in [0.1, 0.15) is 17.7 Å². The molecular weight excluding hydrogens is 476 g/mol. The summed E-state index contributed by atoms with van der Waals surface area (Å²) in [7, 11) is 0. The Morgan fingerprint density at radius 2 is 1.81 bits per heavy atom. The number of unbranched alkanes of at least 4 members (excludes halogenated alkanes) is 2. The van der Waals surface area contributed by atoms with Gasteiger partial charge in [0.15, 0.2) is 0 Å². The van der Waals surface area contributed by atoms with Crippen LogP contribution in [0.2, 0.25) is 0 Å². The molecular formula is C27H44N4O6. The van der Waals surface area contributed by atoms with Gasteiger partial charge in [-0.1, -0.05) is 38.0 Å². The molecule has 0 fully saturated rings. The van der Waals surface area contributed by atoms with E-state index in [1.807, 2.05) is 19.9 Å². The van der Waals surface area contributed by atoms with E-state index in [0.29, 0.717) is 12.1 Å². The van der Waals surface area contributed by atoms with Crippen LogP contribution in [0.5, 0.6) is 0 Å². The molecule has 10 heteroatoms. The highest BCUT2D eigenvalue weighted by Gasteiger charge is 2.36. The summed E-state index contributed by atoms with van der Waals surface area (Å²) in [6.45, 7) is 10.8. The van der Waals surface area contributed by atoms with Crippen LogP contribution in [-0.4, -0.2) is 65.2 Å². The van der Waals surface area contributed by atoms with Crippen LogP contribution in [0.15, 0.2) is 18.2 Å². The van der Waals surface area contributed by atoms with Crippen LogP contribution in [-0.2, 0) is 19.1 Å². The standard InChI is InChI=1S/C27H44N4O6/c1-7-8-9-15-29-24(34)23(20-12-10-11-18(2)19(20)3)31(16-17-32)25(35)21(13-14-22(28)33)30-26(36)37-27(4,5)6/h10-12,21,23,32H,7-9,13-17H2,1-6H3,(H2,28,33)(H,29,34)(H,30,36). The lowest BCUT2D eigenvalue weighted by Crippen LogP contribution is -2.54. The van der Waals surface area contributed by atoms with Gasteiger partial charge in [0.05, 0.1) is 6.61 Å². The predicted molar refractivity (Wildman–Crippen MR) is 142 cm³/mol. The maximum atomic E-state index is 13.9. The quantitative estimate of drug-likeness (QED) is 0.277. The summed E-state index contributed by atoms with van der Waals surface area (Å²) >= 11 is 0. The molecule has 0 spiro atoms.